The van der Waals surface area contributed by atoms with E-state index in [4.69, 9.17) is 9.47 Å². The van der Waals surface area contributed by atoms with Gasteiger partial charge in [0.15, 0.2) is 0 Å². The van der Waals surface area contributed by atoms with Gasteiger partial charge >= 0.3 is 6.09 Å². The first-order valence-corrected chi connectivity index (χ1v) is 6.90. The maximum Gasteiger partial charge on any atom is 0.415 e. The lowest BCUT2D eigenvalue weighted by atomic mass is 10.1. The van der Waals surface area contributed by atoms with Gasteiger partial charge in [0.1, 0.15) is 17.2 Å². The fourth-order valence-electron chi connectivity index (χ4n) is 1.77. The Hall–Kier alpha value is -2.04. The average molecular weight is 292 g/mol. The van der Waals surface area contributed by atoms with Crippen LogP contribution in [0.25, 0.3) is 5.57 Å². The van der Waals surface area contributed by atoms with Crippen molar-refractivity contribution in [2.45, 2.75) is 40.2 Å². The van der Waals surface area contributed by atoms with Gasteiger partial charge < -0.3 is 9.47 Å². The highest BCUT2D eigenvalue weighted by molar-refractivity contribution is 5.87. The van der Waals surface area contributed by atoms with Gasteiger partial charge in [0, 0.05) is 24.4 Å². The van der Waals surface area contributed by atoms with Crippen LogP contribution < -0.4 is 9.64 Å². The smallest absolute Gasteiger partial charge is 0.415 e. The van der Waals surface area contributed by atoms with Gasteiger partial charge in [-0.2, -0.15) is 0 Å². The molecule has 0 bridgehead atoms. The highest BCUT2D eigenvalue weighted by Gasteiger charge is 2.23. The molecule has 0 aromatic carbocycles. The normalized spacial score (nSPS) is 11.0. The summed E-state index contributed by atoms with van der Waals surface area (Å²) in [5.74, 6) is 1.13. The van der Waals surface area contributed by atoms with Crippen LogP contribution >= 0.6 is 0 Å². The van der Waals surface area contributed by atoms with Gasteiger partial charge in [-0.05, 0) is 40.2 Å². The average Bonchev–Trinajstić information content (AvgIpc) is 2.36. The number of carbonyl (C=O) groups excluding carboxylic acids is 1. The molecule has 0 atom stereocenters. The van der Waals surface area contributed by atoms with Gasteiger partial charge in [0.05, 0.1) is 7.11 Å². The minimum Gasteiger partial charge on any atom is -0.496 e. The van der Waals surface area contributed by atoms with E-state index in [9.17, 15) is 4.79 Å². The molecule has 0 saturated carbocycles. The Morgan fingerprint density at radius 3 is 2.48 bits per heavy atom. The quantitative estimate of drug-likeness (QED) is 0.845. The molecule has 21 heavy (non-hydrogen) atoms. The Morgan fingerprint density at radius 1 is 1.43 bits per heavy atom. The monoisotopic (exact) mass is 292 g/mol. The number of methoxy groups -OCH3 is 1. The number of rotatable bonds is 4. The van der Waals surface area contributed by atoms with E-state index in [1.807, 2.05) is 34.6 Å². The second-order valence-corrected chi connectivity index (χ2v) is 5.75. The summed E-state index contributed by atoms with van der Waals surface area (Å²) in [4.78, 5) is 18.0. The summed E-state index contributed by atoms with van der Waals surface area (Å²) in [5, 5.41) is 0. The molecule has 0 aliphatic heterocycles. The number of anilines is 1. The molecule has 0 aliphatic rings. The number of allylic oxidation sites excluding steroid dienone is 1. The van der Waals surface area contributed by atoms with E-state index in [0.29, 0.717) is 18.1 Å². The molecule has 0 saturated heterocycles. The predicted octanol–water partition coefficient (Wildman–Crippen LogP) is 3.88. The lowest BCUT2D eigenvalue weighted by Crippen LogP contribution is -2.37. The number of aromatic nitrogens is 1. The van der Waals surface area contributed by atoms with Crippen molar-refractivity contribution in [3.05, 3.63) is 24.4 Å². The van der Waals surface area contributed by atoms with Gasteiger partial charge in [-0.15, -0.1) is 0 Å². The highest BCUT2D eigenvalue weighted by atomic mass is 16.6. The van der Waals surface area contributed by atoms with Crippen LogP contribution in [0.3, 0.4) is 0 Å². The van der Waals surface area contributed by atoms with Crippen molar-refractivity contribution in [3.63, 3.8) is 0 Å². The third-order valence-electron chi connectivity index (χ3n) is 2.74. The molecule has 0 spiro atoms. The lowest BCUT2D eigenvalue weighted by molar-refractivity contribution is 0.0581. The van der Waals surface area contributed by atoms with Crippen LogP contribution in [0.1, 0.15) is 40.2 Å². The summed E-state index contributed by atoms with van der Waals surface area (Å²) in [7, 11) is 1.58. The molecule has 1 heterocycles. The maximum absolute atomic E-state index is 12.2. The molecular formula is C16H24N2O3. The summed E-state index contributed by atoms with van der Waals surface area (Å²) in [6.45, 7) is 13.6. The summed E-state index contributed by atoms with van der Waals surface area (Å²) in [6.07, 6.45) is 1.23. The fraction of sp³-hybridized carbons (Fsp3) is 0.500. The number of carbonyl (C=O) groups is 1. The molecule has 5 heteroatoms. The zero-order chi connectivity index (χ0) is 16.2. The van der Waals surface area contributed by atoms with Crippen molar-refractivity contribution >= 4 is 17.5 Å². The van der Waals surface area contributed by atoms with Crippen molar-refractivity contribution in [1.29, 1.82) is 0 Å². The highest BCUT2D eigenvalue weighted by Crippen LogP contribution is 2.28. The van der Waals surface area contributed by atoms with Gasteiger partial charge in [-0.25, -0.2) is 9.78 Å². The maximum atomic E-state index is 12.2. The van der Waals surface area contributed by atoms with E-state index in [2.05, 4.69) is 11.6 Å². The molecule has 5 nitrogen and oxygen atoms in total. The zero-order valence-corrected chi connectivity index (χ0v) is 13.7. The van der Waals surface area contributed by atoms with Crippen LogP contribution in [0.2, 0.25) is 0 Å². The van der Waals surface area contributed by atoms with Crippen molar-refractivity contribution in [2.75, 3.05) is 18.6 Å². The van der Waals surface area contributed by atoms with Crippen LogP contribution in [0.15, 0.2) is 18.8 Å². The molecule has 0 fully saturated rings. The van der Waals surface area contributed by atoms with Gasteiger partial charge in [0.25, 0.3) is 0 Å². The first kappa shape index (κ1) is 17.0. The molecule has 0 N–H and O–H groups in total. The van der Waals surface area contributed by atoms with E-state index in [1.54, 1.807) is 19.4 Å². The minimum absolute atomic E-state index is 0.428. The van der Waals surface area contributed by atoms with E-state index < -0.39 is 11.7 Å². The fourth-order valence-corrected chi connectivity index (χ4v) is 1.77. The molecule has 1 amide bonds. The molecular weight excluding hydrogens is 268 g/mol. The van der Waals surface area contributed by atoms with Crippen molar-refractivity contribution in [2.24, 2.45) is 0 Å². The first-order valence-electron chi connectivity index (χ1n) is 6.90. The second kappa shape index (κ2) is 6.61. The van der Waals surface area contributed by atoms with Crippen molar-refractivity contribution < 1.29 is 14.3 Å². The number of hydrogen-bond donors (Lipinski definition) is 0. The summed E-state index contributed by atoms with van der Waals surface area (Å²) in [5.41, 5.74) is 1.12. The van der Waals surface area contributed by atoms with Crippen molar-refractivity contribution in [3.8, 4) is 5.75 Å². The number of ether oxygens (including phenoxy) is 2. The number of pyridine rings is 1. The number of amides is 1. The Labute approximate surface area is 126 Å². The molecule has 1 aromatic rings. The Morgan fingerprint density at radius 2 is 2.05 bits per heavy atom. The number of hydrogen-bond acceptors (Lipinski definition) is 4. The molecule has 116 valence electrons. The van der Waals surface area contributed by atoms with Gasteiger partial charge in [0.2, 0.25) is 0 Å². The molecule has 0 aliphatic carbocycles. The third kappa shape index (κ3) is 4.48. The van der Waals surface area contributed by atoms with Crippen LogP contribution in [-0.4, -0.2) is 30.3 Å². The SMILES string of the molecule is C=C(C)c1cnc(N(CC)C(=O)OC(C)(C)C)cc1OC. The number of nitrogens with zero attached hydrogens (tertiary/aromatic N) is 2. The molecule has 0 radical (unpaired) electrons. The van der Waals surface area contributed by atoms with Gasteiger partial charge in [-0.1, -0.05) is 6.58 Å². The topological polar surface area (TPSA) is 51.7 Å². The Balaban J connectivity index is 3.12. The Bertz CT molecular complexity index is 533. The summed E-state index contributed by atoms with van der Waals surface area (Å²) < 4.78 is 10.7. The summed E-state index contributed by atoms with van der Waals surface area (Å²) >= 11 is 0. The van der Waals surface area contributed by atoms with E-state index >= 15 is 0 Å². The standard InChI is InChI=1S/C16H24N2O3/c1-8-18(15(19)21-16(4,5)6)14-9-13(20-7)12(10-17-14)11(2)3/h9-10H,2,8H2,1,3-7H3. The van der Waals surface area contributed by atoms with E-state index in [1.165, 1.54) is 4.90 Å². The van der Waals surface area contributed by atoms with Crippen LogP contribution in [0.5, 0.6) is 5.75 Å². The Kier molecular flexibility index (Phi) is 5.35. The first-order chi connectivity index (χ1) is 9.69. The predicted molar refractivity (Wildman–Crippen MR) is 84.8 cm³/mol. The van der Waals surface area contributed by atoms with Crippen molar-refractivity contribution in [1.82, 2.24) is 4.98 Å². The van der Waals surface area contributed by atoms with Crippen LogP contribution in [0, 0.1) is 0 Å². The minimum atomic E-state index is -0.549. The second-order valence-electron chi connectivity index (χ2n) is 5.75. The largest absolute Gasteiger partial charge is 0.496 e. The third-order valence-corrected chi connectivity index (χ3v) is 2.74. The van der Waals surface area contributed by atoms with E-state index in [0.717, 1.165) is 11.1 Å². The van der Waals surface area contributed by atoms with Gasteiger partial charge in [-0.3, -0.25) is 4.90 Å². The van der Waals surface area contributed by atoms with E-state index in [-0.39, 0.29) is 0 Å². The molecule has 0 unspecified atom stereocenters. The van der Waals surface area contributed by atoms with Crippen LogP contribution in [-0.2, 0) is 4.74 Å². The molecule has 1 aromatic heterocycles. The lowest BCUT2D eigenvalue weighted by Gasteiger charge is -2.26. The molecule has 1 rings (SSSR count). The summed E-state index contributed by atoms with van der Waals surface area (Å²) in [6, 6.07) is 1.72. The van der Waals surface area contributed by atoms with Crippen LogP contribution in [0.4, 0.5) is 10.6 Å². The zero-order valence-electron chi connectivity index (χ0n) is 13.7.